The fourth-order valence-electron chi connectivity index (χ4n) is 7.93. The van der Waals surface area contributed by atoms with Crippen molar-refractivity contribution in [3.63, 3.8) is 0 Å². The number of hydrogen-bond donors (Lipinski definition) is 3. The molecule has 1 unspecified atom stereocenters. The Bertz CT molecular complexity index is 2800. The van der Waals surface area contributed by atoms with E-state index in [1.807, 2.05) is 0 Å². The van der Waals surface area contributed by atoms with E-state index < -0.39 is 64.8 Å². The number of fused-ring (bicyclic) bond motifs is 1. The van der Waals surface area contributed by atoms with Gasteiger partial charge in [-0.05, 0) is 107 Å². The molecule has 6 amide bonds. The first-order valence-corrected chi connectivity index (χ1v) is 23.2. The second-order valence-corrected chi connectivity index (χ2v) is 18.2. The van der Waals surface area contributed by atoms with E-state index in [9.17, 15) is 41.9 Å². The van der Waals surface area contributed by atoms with E-state index in [0.29, 0.717) is 62.2 Å². The number of aromatic nitrogens is 4. The summed E-state index contributed by atoms with van der Waals surface area (Å²) in [4.78, 5) is 87.6. The summed E-state index contributed by atoms with van der Waals surface area (Å²) in [5.74, 6) is -2.67. The molecule has 22 heteroatoms. The molecule has 1 saturated heterocycles. The summed E-state index contributed by atoms with van der Waals surface area (Å²) in [5.41, 5.74) is -0.453. The molecule has 0 bridgehead atoms. The van der Waals surface area contributed by atoms with Gasteiger partial charge in [0.1, 0.15) is 23.7 Å². The number of imide groups is 2. The molecule has 1 saturated carbocycles. The number of pyridine rings is 1. The number of unbranched alkanes of at least 4 members (excludes halogenated alkanes) is 1. The average molecular weight is 984 g/mol. The molecule has 0 radical (unpaired) electrons. The highest BCUT2D eigenvalue weighted by Crippen LogP contribution is 2.36. The number of alkyl halides is 3. The topological polar surface area (TPSA) is 229 Å². The summed E-state index contributed by atoms with van der Waals surface area (Å²) in [6, 6.07) is 13.8. The monoisotopic (exact) mass is 983 g/mol. The fraction of sp³-hybridized carbons (Fsp3) is 0.408. The van der Waals surface area contributed by atoms with Gasteiger partial charge in [0.25, 0.3) is 17.7 Å². The number of carbonyl (C=O) groups is 6. The van der Waals surface area contributed by atoms with Crippen LogP contribution in [-0.2, 0) is 36.4 Å². The van der Waals surface area contributed by atoms with Crippen LogP contribution in [0.4, 0.5) is 35.2 Å². The Labute approximate surface area is 405 Å². The van der Waals surface area contributed by atoms with Crippen molar-refractivity contribution in [1.29, 1.82) is 0 Å². The molecule has 3 N–H and O–H groups in total. The van der Waals surface area contributed by atoms with Crippen molar-refractivity contribution in [2.75, 3.05) is 55.1 Å². The number of hydrogen-bond acceptors (Lipinski definition) is 14. The minimum absolute atomic E-state index is 0.0137. The Kier molecular flexibility index (Phi) is 15.0. The van der Waals surface area contributed by atoms with Crippen LogP contribution in [0.3, 0.4) is 0 Å². The smallest absolute Gasteiger partial charge is 0.437 e. The van der Waals surface area contributed by atoms with Crippen molar-refractivity contribution in [2.45, 2.75) is 83.5 Å². The molecule has 2 aliphatic heterocycles. The largest absolute Gasteiger partial charge is 0.444 e. The first-order valence-electron chi connectivity index (χ1n) is 23.2. The number of aryl methyl sites for hydroxylation is 1. The van der Waals surface area contributed by atoms with Gasteiger partial charge in [-0.15, -0.1) is 0 Å². The van der Waals surface area contributed by atoms with E-state index in [0.717, 1.165) is 53.3 Å². The van der Waals surface area contributed by atoms with Crippen molar-refractivity contribution >= 4 is 52.8 Å². The van der Waals surface area contributed by atoms with Crippen molar-refractivity contribution in [3.05, 3.63) is 101 Å². The first kappa shape index (κ1) is 49.9. The van der Waals surface area contributed by atoms with Crippen molar-refractivity contribution in [3.8, 4) is 17.1 Å². The van der Waals surface area contributed by atoms with Gasteiger partial charge in [-0.3, -0.25) is 39.1 Å². The van der Waals surface area contributed by atoms with Crippen LogP contribution in [0.25, 0.3) is 17.1 Å². The number of ether oxygens (including phenoxy) is 3. The maximum atomic E-state index is 14.2. The van der Waals surface area contributed by atoms with Crippen LogP contribution < -0.4 is 20.9 Å². The summed E-state index contributed by atoms with van der Waals surface area (Å²) >= 11 is 0. The van der Waals surface area contributed by atoms with E-state index in [4.69, 9.17) is 18.6 Å². The Hall–Kier alpha value is -7.46. The third-order valence-corrected chi connectivity index (χ3v) is 11.6. The maximum absolute atomic E-state index is 14.2. The molecule has 2 aromatic carbocycles. The lowest BCUT2D eigenvalue weighted by Gasteiger charge is -2.27. The number of nitrogens with zero attached hydrogens (tertiary/aromatic N) is 6. The van der Waals surface area contributed by atoms with Gasteiger partial charge < -0.3 is 29.3 Å². The van der Waals surface area contributed by atoms with Crippen LogP contribution in [0.1, 0.15) is 102 Å². The summed E-state index contributed by atoms with van der Waals surface area (Å²) in [6.07, 6.45) is 2.34. The molecule has 5 heterocycles. The standard InChI is InChI=1S/C49H52F3N9O10/c1-48(2,3)71-47(67)59(26-30-10-11-30)38-25-31(18-19-54-38)44-56-36(28-70-44)42(63)55-35-27-60(58-41(35)49(50,51)52)32-14-12-29(13-15-32)7-4-5-21-68-23-24-69-22-20-53-34-9-6-8-33-40(34)46(66)61(45(33)65)37-16-17-39(62)57-43(37)64/h6,8-9,12-15,18-19,25,27-28,30,37,53H,4-5,7,10-11,16-17,20-24,26H2,1-3H3,(H,55,63)(H,57,62,64). The van der Waals surface area contributed by atoms with Crippen LogP contribution in [0.5, 0.6) is 0 Å². The highest BCUT2D eigenvalue weighted by atomic mass is 19.4. The van der Waals surface area contributed by atoms with Gasteiger partial charge in [0, 0.05) is 43.6 Å². The number of halogens is 3. The van der Waals surface area contributed by atoms with Gasteiger partial charge in [0.2, 0.25) is 17.7 Å². The second-order valence-electron chi connectivity index (χ2n) is 18.2. The van der Waals surface area contributed by atoms with Gasteiger partial charge in [0.05, 0.1) is 48.5 Å². The van der Waals surface area contributed by atoms with E-state index in [2.05, 4.69) is 31.0 Å². The zero-order valence-electron chi connectivity index (χ0n) is 39.2. The predicted octanol–water partition coefficient (Wildman–Crippen LogP) is 7.21. The van der Waals surface area contributed by atoms with Gasteiger partial charge in [0.15, 0.2) is 11.4 Å². The number of piperidine rings is 1. The summed E-state index contributed by atoms with van der Waals surface area (Å²) in [6.45, 7) is 7.45. The average Bonchev–Trinajstić information content (AvgIpc) is 3.70. The van der Waals surface area contributed by atoms with Crippen molar-refractivity contribution < 1.29 is 60.6 Å². The van der Waals surface area contributed by atoms with Crippen LogP contribution in [0, 0.1) is 5.92 Å². The molecular weight excluding hydrogens is 932 g/mol. The highest BCUT2D eigenvalue weighted by Gasteiger charge is 2.46. The minimum Gasteiger partial charge on any atom is -0.444 e. The summed E-state index contributed by atoms with van der Waals surface area (Å²) in [7, 11) is 0. The fourth-order valence-corrected chi connectivity index (χ4v) is 7.93. The van der Waals surface area contributed by atoms with E-state index in [-0.39, 0.29) is 48.0 Å². The molecule has 0 spiro atoms. The zero-order chi connectivity index (χ0) is 50.5. The number of benzene rings is 2. The molecule has 374 valence electrons. The third-order valence-electron chi connectivity index (χ3n) is 11.6. The van der Waals surface area contributed by atoms with E-state index in [1.165, 1.54) is 17.2 Å². The van der Waals surface area contributed by atoms with E-state index >= 15 is 0 Å². The number of nitrogens with one attached hydrogen (secondary N) is 3. The molecule has 8 rings (SSSR count). The number of amides is 6. The normalized spacial score (nSPS) is 16.0. The zero-order valence-corrected chi connectivity index (χ0v) is 39.2. The number of oxazole rings is 1. The Morgan fingerprint density at radius 2 is 1.68 bits per heavy atom. The molecule has 71 heavy (non-hydrogen) atoms. The molecule has 3 aromatic heterocycles. The lowest BCUT2D eigenvalue weighted by molar-refractivity contribution is -0.140. The second kappa shape index (κ2) is 21.3. The SMILES string of the molecule is CC(C)(C)OC(=O)N(CC1CC1)c1cc(-c2nc(C(=O)Nc3cn(-c4ccc(CCCCOCCOCCNc5cccc6c5C(=O)N(C5CCC(=O)NC5=O)C6=O)cc4)nc3C(F)(F)F)co2)ccn1. The lowest BCUT2D eigenvalue weighted by Crippen LogP contribution is -2.54. The van der Waals surface area contributed by atoms with Gasteiger partial charge in [-0.1, -0.05) is 18.2 Å². The van der Waals surface area contributed by atoms with Crippen molar-refractivity contribution in [2.24, 2.45) is 5.92 Å². The number of carbonyl (C=O) groups excluding carboxylic acids is 6. The number of anilines is 3. The molecule has 2 fully saturated rings. The van der Waals surface area contributed by atoms with E-state index in [1.54, 1.807) is 69.3 Å². The predicted molar refractivity (Wildman–Crippen MR) is 249 cm³/mol. The van der Waals surface area contributed by atoms with Gasteiger partial charge in [-0.25, -0.2) is 19.4 Å². The van der Waals surface area contributed by atoms with Crippen LogP contribution in [0.15, 0.2) is 77.7 Å². The molecule has 3 aliphatic rings. The first-order chi connectivity index (χ1) is 33.9. The maximum Gasteiger partial charge on any atom is 0.437 e. The number of rotatable bonds is 20. The Morgan fingerprint density at radius 1 is 0.915 bits per heavy atom. The van der Waals surface area contributed by atoms with Gasteiger partial charge >= 0.3 is 12.3 Å². The summed E-state index contributed by atoms with van der Waals surface area (Å²) in [5, 5.41) is 11.3. The molecular formula is C49H52F3N9O10. The quantitative estimate of drug-likeness (QED) is 0.0517. The van der Waals surface area contributed by atoms with Crippen LogP contribution in [-0.4, -0.2) is 111 Å². The van der Waals surface area contributed by atoms with Crippen LogP contribution >= 0.6 is 0 Å². The minimum atomic E-state index is -4.90. The lowest BCUT2D eigenvalue weighted by atomic mass is 10.0. The Balaban J connectivity index is 0.763. The molecule has 1 aliphatic carbocycles. The third kappa shape index (κ3) is 12.3. The Morgan fingerprint density at radius 3 is 2.39 bits per heavy atom. The van der Waals surface area contributed by atoms with Crippen molar-refractivity contribution in [1.82, 2.24) is 30.0 Å². The highest BCUT2D eigenvalue weighted by molar-refractivity contribution is 6.25. The molecule has 1 atom stereocenters. The molecule has 19 nitrogen and oxygen atoms in total. The molecule has 5 aromatic rings. The van der Waals surface area contributed by atoms with Gasteiger partial charge in [-0.2, -0.15) is 18.3 Å². The van der Waals surface area contributed by atoms with Crippen LogP contribution in [0.2, 0.25) is 0 Å². The summed E-state index contributed by atoms with van der Waals surface area (Å²) < 4.78 is 66.2.